The number of carbonyl (C=O) groups is 2. The second-order valence-electron chi connectivity index (χ2n) is 9.08. The summed E-state index contributed by atoms with van der Waals surface area (Å²) in [6.07, 6.45) is 6.59. The van der Waals surface area contributed by atoms with Gasteiger partial charge in [-0.05, 0) is 69.9 Å². The monoisotopic (exact) mass is 367 g/mol. The summed E-state index contributed by atoms with van der Waals surface area (Å²) >= 11 is 0. The summed E-state index contributed by atoms with van der Waals surface area (Å²) in [5.41, 5.74) is -0.359. The van der Waals surface area contributed by atoms with Gasteiger partial charge in [0.15, 0.2) is 0 Å². The van der Waals surface area contributed by atoms with Gasteiger partial charge in [-0.25, -0.2) is 9.18 Å². The van der Waals surface area contributed by atoms with Crippen LogP contribution in [0.4, 0.5) is 9.18 Å². The average Bonchev–Trinajstić information content (AvgIpc) is 3.03. The Morgan fingerprint density at radius 1 is 1.12 bits per heavy atom. The summed E-state index contributed by atoms with van der Waals surface area (Å²) in [5.74, 6) is 0.0540. The molecule has 6 nitrogen and oxygen atoms in total. The molecule has 146 valence electrons. The van der Waals surface area contributed by atoms with Gasteiger partial charge in [0.1, 0.15) is 6.67 Å². The molecule has 0 radical (unpaired) electrons. The average molecular weight is 367 g/mol. The minimum absolute atomic E-state index is 0.0123. The van der Waals surface area contributed by atoms with Crippen LogP contribution >= 0.6 is 0 Å². The predicted molar refractivity (Wildman–Crippen MR) is 94.7 cm³/mol. The van der Waals surface area contributed by atoms with Crippen LogP contribution in [0, 0.1) is 11.3 Å². The van der Waals surface area contributed by atoms with Crippen molar-refractivity contribution in [2.45, 2.75) is 62.9 Å². The zero-order chi connectivity index (χ0) is 18.4. The highest BCUT2D eigenvalue weighted by atomic mass is 19.1. The van der Waals surface area contributed by atoms with Crippen LogP contribution < -0.4 is 5.32 Å². The molecule has 4 fully saturated rings. The van der Waals surface area contributed by atoms with Gasteiger partial charge in [-0.1, -0.05) is 0 Å². The first-order valence-corrected chi connectivity index (χ1v) is 10.0. The normalized spacial score (nSPS) is 34.3. The van der Waals surface area contributed by atoms with E-state index < -0.39 is 18.3 Å². The van der Waals surface area contributed by atoms with E-state index in [1.165, 1.54) is 0 Å². The molecule has 0 atom stereocenters. The number of likely N-dealkylation sites (tertiary alicyclic amines) is 2. The summed E-state index contributed by atoms with van der Waals surface area (Å²) in [7, 11) is 0. The third kappa shape index (κ3) is 3.19. The topological polar surface area (TPSA) is 72.9 Å². The molecule has 26 heavy (non-hydrogen) atoms. The Bertz CT molecular complexity index is 561. The highest BCUT2D eigenvalue weighted by Crippen LogP contribution is 2.50. The maximum absolute atomic E-state index is 13.2. The van der Waals surface area contributed by atoms with E-state index in [-0.39, 0.29) is 17.2 Å². The number of hydrogen-bond acceptors (Lipinski definition) is 3. The first-order valence-electron chi connectivity index (χ1n) is 10.0. The Balaban J connectivity index is 1.21. The number of piperidine rings is 1. The van der Waals surface area contributed by atoms with Crippen LogP contribution in [0.2, 0.25) is 0 Å². The fraction of sp³-hybridized carbons (Fsp3) is 0.895. The number of nitrogens with one attached hydrogen (secondary N) is 1. The third-order valence-electron chi connectivity index (χ3n) is 7.42. The van der Waals surface area contributed by atoms with Crippen molar-refractivity contribution < 1.29 is 19.1 Å². The number of alkyl halides is 1. The molecule has 7 heteroatoms. The van der Waals surface area contributed by atoms with E-state index in [9.17, 15) is 14.0 Å². The lowest BCUT2D eigenvalue weighted by molar-refractivity contribution is -0.130. The van der Waals surface area contributed by atoms with Crippen molar-refractivity contribution in [2.75, 3.05) is 32.9 Å². The first-order chi connectivity index (χ1) is 12.4. The highest BCUT2D eigenvalue weighted by molar-refractivity contribution is 5.79. The van der Waals surface area contributed by atoms with Gasteiger partial charge >= 0.3 is 6.09 Å². The van der Waals surface area contributed by atoms with Crippen LogP contribution in [0.15, 0.2) is 0 Å². The lowest BCUT2D eigenvalue weighted by Crippen LogP contribution is -2.58. The first kappa shape index (κ1) is 18.0. The molecule has 2 saturated carbocycles. The van der Waals surface area contributed by atoms with Gasteiger partial charge < -0.3 is 20.2 Å². The van der Waals surface area contributed by atoms with Crippen LogP contribution in [0.1, 0.15) is 51.4 Å². The zero-order valence-electron chi connectivity index (χ0n) is 15.4. The fourth-order valence-corrected chi connectivity index (χ4v) is 5.42. The van der Waals surface area contributed by atoms with Crippen molar-refractivity contribution >= 4 is 12.0 Å². The van der Waals surface area contributed by atoms with E-state index in [4.69, 9.17) is 5.11 Å². The van der Waals surface area contributed by atoms with Crippen LogP contribution in [-0.2, 0) is 4.79 Å². The molecule has 2 aliphatic carbocycles. The summed E-state index contributed by atoms with van der Waals surface area (Å²) in [6.45, 7) is 2.74. The number of hydrogen-bond donors (Lipinski definition) is 2. The van der Waals surface area contributed by atoms with E-state index in [0.717, 1.165) is 64.5 Å². The SMILES string of the molecule is O=C(NC1(CF)CCC1)C1CCN([C@H]2C[C@@]3(CCN(C(=O)O)C3)C2)CC1. The van der Waals surface area contributed by atoms with Crippen molar-refractivity contribution in [3.8, 4) is 0 Å². The maximum atomic E-state index is 13.2. The van der Waals surface area contributed by atoms with E-state index >= 15 is 0 Å². The van der Waals surface area contributed by atoms with E-state index in [0.29, 0.717) is 19.1 Å². The smallest absolute Gasteiger partial charge is 0.407 e. The standard InChI is InChI=1S/C19H30FN3O3/c20-12-19(4-1-5-19)21-16(24)14-2-7-22(8-3-14)15-10-18(11-15)6-9-23(13-18)17(25)26/h14-15H,1-13H2,(H,21,24)(H,25,26)/t15-,18-. The lowest BCUT2D eigenvalue weighted by atomic mass is 9.64. The summed E-state index contributed by atoms with van der Waals surface area (Å²) in [4.78, 5) is 27.6. The van der Waals surface area contributed by atoms with Gasteiger partial charge in [0.05, 0.1) is 5.54 Å². The number of carbonyl (C=O) groups excluding carboxylic acids is 1. The van der Waals surface area contributed by atoms with Gasteiger partial charge in [0, 0.05) is 25.0 Å². The molecule has 2 aliphatic heterocycles. The Kier molecular flexibility index (Phi) is 4.61. The lowest BCUT2D eigenvalue weighted by Gasteiger charge is -2.51. The highest BCUT2D eigenvalue weighted by Gasteiger charge is 2.51. The van der Waals surface area contributed by atoms with Crippen LogP contribution in [0.5, 0.6) is 0 Å². The van der Waals surface area contributed by atoms with Crippen molar-refractivity contribution in [3.05, 3.63) is 0 Å². The van der Waals surface area contributed by atoms with E-state index in [1.807, 2.05) is 0 Å². The number of halogens is 1. The predicted octanol–water partition coefficient (Wildman–Crippen LogP) is 2.24. The summed E-state index contributed by atoms with van der Waals surface area (Å²) in [6, 6.07) is 0.538. The van der Waals surface area contributed by atoms with Gasteiger partial charge in [-0.15, -0.1) is 0 Å². The van der Waals surface area contributed by atoms with Gasteiger partial charge in [-0.2, -0.15) is 0 Å². The molecule has 2 amide bonds. The molecule has 4 aliphatic rings. The number of carboxylic acid groups (broad SMARTS) is 1. The molecule has 1 spiro atoms. The second-order valence-corrected chi connectivity index (χ2v) is 9.08. The molecule has 2 saturated heterocycles. The maximum Gasteiger partial charge on any atom is 0.407 e. The van der Waals surface area contributed by atoms with Gasteiger partial charge in [-0.3, -0.25) is 4.79 Å². The molecule has 0 aromatic rings. The molecule has 2 heterocycles. The molecule has 4 rings (SSSR count). The molecule has 2 N–H and O–H groups in total. The molecule has 0 aromatic carbocycles. The van der Waals surface area contributed by atoms with Crippen molar-refractivity contribution in [2.24, 2.45) is 11.3 Å². The number of amides is 2. The summed E-state index contributed by atoms with van der Waals surface area (Å²) in [5, 5.41) is 12.1. The van der Waals surface area contributed by atoms with E-state index in [1.54, 1.807) is 4.90 Å². The Hall–Kier alpha value is -1.37. The minimum atomic E-state index is -0.797. The Morgan fingerprint density at radius 3 is 2.31 bits per heavy atom. The number of rotatable bonds is 4. The molecule has 0 unspecified atom stereocenters. The minimum Gasteiger partial charge on any atom is -0.465 e. The van der Waals surface area contributed by atoms with Crippen molar-refractivity contribution in [1.29, 1.82) is 0 Å². The zero-order valence-corrected chi connectivity index (χ0v) is 15.4. The third-order valence-corrected chi connectivity index (χ3v) is 7.42. The second kappa shape index (κ2) is 6.66. The molecule has 0 bridgehead atoms. The van der Waals surface area contributed by atoms with Crippen LogP contribution in [0.3, 0.4) is 0 Å². The Morgan fingerprint density at radius 2 is 1.81 bits per heavy atom. The van der Waals surface area contributed by atoms with E-state index in [2.05, 4.69) is 10.2 Å². The molecular formula is C19H30FN3O3. The van der Waals surface area contributed by atoms with Crippen LogP contribution in [0.25, 0.3) is 0 Å². The summed E-state index contributed by atoms with van der Waals surface area (Å²) < 4.78 is 13.2. The quantitative estimate of drug-likeness (QED) is 0.799. The molecule has 0 aromatic heterocycles. The van der Waals surface area contributed by atoms with Crippen molar-refractivity contribution in [3.63, 3.8) is 0 Å². The fourth-order valence-electron chi connectivity index (χ4n) is 5.42. The van der Waals surface area contributed by atoms with Crippen LogP contribution in [-0.4, -0.2) is 71.3 Å². The molecular weight excluding hydrogens is 337 g/mol. The Labute approximate surface area is 154 Å². The van der Waals surface area contributed by atoms with Gasteiger partial charge in [0.2, 0.25) is 5.91 Å². The number of nitrogens with zero attached hydrogens (tertiary/aromatic N) is 2. The largest absolute Gasteiger partial charge is 0.465 e. The van der Waals surface area contributed by atoms with Gasteiger partial charge in [0.25, 0.3) is 0 Å². The van der Waals surface area contributed by atoms with Crippen molar-refractivity contribution in [1.82, 2.24) is 15.1 Å².